The van der Waals surface area contributed by atoms with Crippen molar-refractivity contribution in [2.75, 3.05) is 7.11 Å². The summed E-state index contributed by atoms with van der Waals surface area (Å²) < 4.78 is 31.2. The third kappa shape index (κ3) is 2.66. The van der Waals surface area contributed by atoms with Gasteiger partial charge in [-0.15, -0.1) is 0 Å². The molecule has 2 nitrogen and oxygen atoms in total. The van der Waals surface area contributed by atoms with Gasteiger partial charge in [0.25, 0.3) is 0 Å². The fourth-order valence-corrected chi connectivity index (χ4v) is 1.61. The second-order valence-corrected chi connectivity index (χ2v) is 4.02. The number of aliphatic hydroxyl groups excluding tert-OH is 1. The highest BCUT2D eigenvalue weighted by Crippen LogP contribution is 2.32. The van der Waals surface area contributed by atoms with Crippen molar-refractivity contribution >= 4 is 15.9 Å². The van der Waals surface area contributed by atoms with E-state index >= 15 is 0 Å². The monoisotopic (exact) mass is 280 g/mol. The van der Waals surface area contributed by atoms with Gasteiger partial charge in [0, 0.05) is 12.0 Å². The van der Waals surface area contributed by atoms with E-state index < -0.39 is 17.7 Å². The second-order valence-electron chi connectivity index (χ2n) is 3.23. The van der Waals surface area contributed by atoms with Crippen molar-refractivity contribution in [3.05, 3.63) is 27.7 Å². The third-order valence-electron chi connectivity index (χ3n) is 1.91. The van der Waals surface area contributed by atoms with Crippen molar-refractivity contribution < 1.29 is 18.6 Å². The summed E-state index contributed by atoms with van der Waals surface area (Å²) in [4.78, 5) is 0. The van der Waals surface area contributed by atoms with Crippen molar-refractivity contribution in [1.29, 1.82) is 0 Å². The molecule has 1 aromatic carbocycles. The predicted molar refractivity (Wildman–Crippen MR) is 56.0 cm³/mol. The number of benzene rings is 1. The van der Waals surface area contributed by atoms with E-state index in [-0.39, 0.29) is 16.6 Å². The van der Waals surface area contributed by atoms with Gasteiger partial charge in [0.15, 0.2) is 11.6 Å². The van der Waals surface area contributed by atoms with E-state index in [0.29, 0.717) is 5.56 Å². The van der Waals surface area contributed by atoms with Crippen LogP contribution in [0.1, 0.15) is 12.5 Å². The predicted octanol–water partition coefficient (Wildman–Crippen LogP) is 2.66. The van der Waals surface area contributed by atoms with Gasteiger partial charge in [-0.3, -0.25) is 0 Å². The SMILES string of the molecule is COc1c(CC(C)O)cc(F)c(Br)c1F. The van der Waals surface area contributed by atoms with E-state index in [0.717, 1.165) is 6.07 Å². The van der Waals surface area contributed by atoms with Gasteiger partial charge in [0.1, 0.15) is 5.82 Å². The molecule has 84 valence electrons. The lowest BCUT2D eigenvalue weighted by molar-refractivity contribution is 0.193. The van der Waals surface area contributed by atoms with Gasteiger partial charge in [-0.05, 0) is 28.9 Å². The zero-order valence-corrected chi connectivity index (χ0v) is 9.94. The molecule has 0 saturated carbocycles. The zero-order chi connectivity index (χ0) is 11.6. The summed E-state index contributed by atoms with van der Waals surface area (Å²) in [6.45, 7) is 1.54. The Labute approximate surface area is 95.0 Å². The Hall–Kier alpha value is -0.680. The molecule has 0 aliphatic rings. The van der Waals surface area contributed by atoms with E-state index in [9.17, 15) is 8.78 Å². The molecule has 0 aliphatic carbocycles. The molecular formula is C10H11BrF2O2. The topological polar surface area (TPSA) is 29.5 Å². The number of hydrogen-bond acceptors (Lipinski definition) is 2. The molecule has 0 radical (unpaired) electrons. The fraction of sp³-hybridized carbons (Fsp3) is 0.400. The van der Waals surface area contributed by atoms with Crippen molar-refractivity contribution in [3.8, 4) is 5.75 Å². The Morgan fingerprint density at radius 2 is 2.13 bits per heavy atom. The highest BCUT2D eigenvalue weighted by Gasteiger charge is 2.18. The molecule has 0 bridgehead atoms. The van der Waals surface area contributed by atoms with Crippen LogP contribution in [0.5, 0.6) is 5.75 Å². The first kappa shape index (κ1) is 12.4. The molecule has 1 N–H and O–H groups in total. The average Bonchev–Trinajstić information content (AvgIpc) is 2.14. The van der Waals surface area contributed by atoms with E-state index in [2.05, 4.69) is 15.9 Å². The Balaban J connectivity index is 3.25. The average molecular weight is 281 g/mol. The highest BCUT2D eigenvalue weighted by atomic mass is 79.9. The number of methoxy groups -OCH3 is 1. The molecule has 5 heteroatoms. The molecule has 0 aromatic heterocycles. The van der Waals surface area contributed by atoms with E-state index in [1.807, 2.05) is 0 Å². The minimum atomic E-state index is -0.784. The van der Waals surface area contributed by atoms with E-state index in [4.69, 9.17) is 9.84 Å². The number of aliphatic hydroxyl groups is 1. The minimum absolute atomic E-state index is 0.0378. The summed E-state index contributed by atoms with van der Waals surface area (Å²) >= 11 is 2.78. The van der Waals surface area contributed by atoms with Crippen LogP contribution in [0.4, 0.5) is 8.78 Å². The molecular weight excluding hydrogens is 270 g/mol. The minimum Gasteiger partial charge on any atom is -0.493 e. The molecule has 1 aromatic rings. The van der Waals surface area contributed by atoms with Crippen LogP contribution in [0.3, 0.4) is 0 Å². The van der Waals surface area contributed by atoms with Crippen LogP contribution in [0.15, 0.2) is 10.5 Å². The largest absolute Gasteiger partial charge is 0.493 e. The summed E-state index contributed by atoms with van der Waals surface area (Å²) in [6.07, 6.45) is -0.538. The molecule has 0 amide bonds. The van der Waals surface area contributed by atoms with Crippen molar-refractivity contribution in [2.24, 2.45) is 0 Å². The van der Waals surface area contributed by atoms with Gasteiger partial charge in [-0.25, -0.2) is 8.78 Å². The van der Waals surface area contributed by atoms with Crippen LogP contribution in [0, 0.1) is 11.6 Å². The molecule has 0 fully saturated rings. The van der Waals surface area contributed by atoms with Crippen LogP contribution in [-0.2, 0) is 6.42 Å². The Morgan fingerprint density at radius 3 is 2.60 bits per heavy atom. The van der Waals surface area contributed by atoms with Gasteiger partial charge in [-0.2, -0.15) is 0 Å². The van der Waals surface area contributed by atoms with Gasteiger partial charge in [0.05, 0.1) is 17.7 Å². The summed E-state index contributed by atoms with van der Waals surface area (Å²) in [7, 11) is 1.30. The first-order chi connectivity index (χ1) is 6.97. The Kier molecular flexibility index (Phi) is 4.04. The summed E-state index contributed by atoms with van der Waals surface area (Å²) in [5.74, 6) is -1.53. The molecule has 1 unspecified atom stereocenters. The van der Waals surface area contributed by atoms with Gasteiger partial charge in [-0.1, -0.05) is 0 Å². The quantitative estimate of drug-likeness (QED) is 0.863. The van der Waals surface area contributed by atoms with Crippen LogP contribution in [0.2, 0.25) is 0 Å². The summed E-state index contributed by atoms with van der Waals surface area (Å²) in [6, 6.07) is 1.15. The first-order valence-electron chi connectivity index (χ1n) is 4.35. The van der Waals surface area contributed by atoms with E-state index in [1.165, 1.54) is 14.0 Å². The van der Waals surface area contributed by atoms with Crippen LogP contribution >= 0.6 is 15.9 Å². The van der Waals surface area contributed by atoms with Crippen LogP contribution < -0.4 is 4.74 Å². The maximum Gasteiger partial charge on any atom is 0.182 e. The second kappa shape index (κ2) is 4.90. The van der Waals surface area contributed by atoms with Crippen molar-refractivity contribution in [1.82, 2.24) is 0 Å². The number of hydrogen-bond donors (Lipinski definition) is 1. The Morgan fingerprint density at radius 1 is 1.53 bits per heavy atom. The smallest absolute Gasteiger partial charge is 0.182 e. The van der Waals surface area contributed by atoms with Gasteiger partial charge >= 0.3 is 0 Å². The van der Waals surface area contributed by atoms with Gasteiger partial charge in [0.2, 0.25) is 0 Å². The summed E-state index contributed by atoms with van der Waals surface area (Å²) in [5, 5.41) is 9.16. The molecule has 1 atom stereocenters. The zero-order valence-electron chi connectivity index (χ0n) is 8.35. The maximum atomic E-state index is 13.5. The molecule has 0 aliphatic heterocycles. The fourth-order valence-electron chi connectivity index (χ4n) is 1.32. The maximum absolute atomic E-state index is 13.5. The van der Waals surface area contributed by atoms with Crippen molar-refractivity contribution in [3.63, 3.8) is 0 Å². The normalized spacial score (nSPS) is 12.7. The first-order valence-corrected chi connectivity index (χ1v) is 5.15. The molecule has 1 rings (SSSR count). The third-order valence-corrected chi connectivity index (χ3v) is 2.64. The van der Waals surface area contributed by atoms with Gasteiger partial charge < -0.3 is 9.84 Å². The molecule has 15 heavy (non-hydrogen) atoms. The molecule has 0 saturated heterocycles. The van der Waals surface area contributed by atoms with E-state index in [1.54, 1.807) is 0 Å². The molecule has 0 spiro atoms. The number of halogens is 3. The Bertz CT molecular complexity index is 367. The lowest BCUT2D eigenvalue weighted by Crippen LogP contribution is -2.07. The van der Waals surface area contributed by atoms with Crippen molar-refractivity contribution in [2.45, 2.75) is 19.4 Å². The standard InChI is InChI=1S/C10H11BrF2O2/c1-5(14)3-6-4-7(12)8(11)9(13)10(6)15-2/h4-5,14H,3H2,1-2H3. The number of rotatable bonds is 3. The summed E-state index contributed by atoms with van der Waals surface area (Å²) in [5.41, 5.74) is 0.311. The van der Waals surface area contributed by atoms with Crippen LogP contribution in [-0.4, -0.2) is 18.3 Å². The lowest BCUT2D eigenvalue weighted by atomic mass is 10.1. The molecule has 0 heterocycles. The highest BCUT2D eigenvalue weighted by molar-refractivity contribution is 9.10. The lowest BCUT2D eigenvalue weighted by Gasteiger charge is -2.12. The number of ether oxygens (including phenoxy) is 1. The van der Waals surface area contributed by atoms with Crippen LogP contribution in [0.25, 0.3) is 0 Å².